The maximum atomic E-state index is 13.6. The molecule has 5 heterocycles. The number of benzene rings is 2. The number of unbranched alkanes of at least 4 members (excludes halogenated alkanes) is 5. The van der Waals surface area contributed by atoms with Gasteiger partial charge in [0, 0.05) is 56.4 Å². The Hall–Kier alpha value is -5.76. The Morgan fingerprint density at radius 1 is 0.895 bits per heavy atom. The van der Waals surface area contributed by atoms with Gasteiger partial charge in [-0.15, -0.1) is 0 Å². The number of amides is 5. The van der Waals surface area contributed by atoms with E-state index in [2.05, 4.69) is 10.6 Å². The van der Waals surface area contributed by atoms with E-state index in [9.17, 15) is 28.8 Å². The summed E-state index contributed by atoms with van der Waals surface area (Å²) in [5.74, 6) is -0.962. The summed E-state index contributed by atoms with van der Waals surface area (Å²) >= 11 is 0. The quantitative estimate of drug-likeness (QED) is 0.119. The van der Waals surface area contributed by atoms with Crippen molar-refractivity contribution in [3.05, 3.63) is 81.4 Å². The molecular weight excluding hydrogens is 729 g/mol. The van der Waals surface area contributed by atoms with Crippen LogP contribution < -0.4 is 25.7 Å². The highest BCUT2D eigenvalue weighted by Crippen LogP contribution is 2.49. The fourth-order valence-electron chi connectivity index (χ4n) is 8.72. The molecule has 0 spiro atoms. The number of aryl methyl sites for hydroxylation is 3. The second-order valence-corrected chi connectivity index (χ2v) is 15.6. The number of hydrogen-bond donors (Lipinski definition) is 2. The number of pyridine rings is 1. The van der Waals surface area contributed by atoms with E-state index in [1.165, 1.54) is 0 Å². The summed E-state index contributed by atoms with van der Waals surface area (Å²) in [5, 5.41) is 6.20. The van der Waals surface area contributed by atoms with Crippen molar-refractivity contribution in [1.29, 1.82) is 0 Å². The summed E-state index contributed by atoms with van der Waals surface area (Å²) < 4.78 is 15.0. The van der Waals surface area contributed by atoms with Crippen LogP contribution in [0.15, 0.2) is 53.6 Å². The summed E-state index contributed by atoms with van der Waals surface area (Å²) in [4.78, 5) is 80.3. The van der Waals surface area contributed by atoms with Crippen molar-refractivity contribution in [3.8, 4) is 22.6 Å². The van der Waals surface area contributed by atoms with E-state index in [1.807, 2.05) is 60.2 Å². The number of likely N-dealkylation sites (N-methyl/N-ethyl adjacent to an activating group) is 1. The minimum Gasteiger partial charge on any atom is -0.496 e. The smallest absolute Gasteiger partial charge is 0.274 e. The van der Waals surface area contributed by atoms with Crippen LogP contribution in [-0.2, 0) is 41.4 Å². The van der Waals surface area contributed by atoms with E-state index in [-0.39, 0.29) is 42.7 Å². The van der Waals surface area contributed by atoms with Crippen LogP contribution in [0.25, 0.3) is 22.0 Å². The van der Waals surface area contributed by atoms with Gasteiger partial charge in [-0.3, -0.25) is 43.9 Å². The van der Waals surface area contributed by atoms with Crippen LogP contribution in [0.1, 0.15) is 83.2 Å². The number of fused-ring (bicyclic) bond motifs is 4. The Morgan fingerprint density at radius 3 is 2.26 bits per heavy atom. The molecule has 14 heteroatoms. The lowest BCUT2D eigenvalue weighted by Gasteiger charge is -2.52. The molecule has 57 heavy (non-hydrogen) atoms. The monoisotopic (exact) mass is 778 g/mol. The Kier molecular flexibility index (Phi) is 11.1. The third-order valence-electron chi connectivity index (χ3n) is 11.8. The van der Waals surface area contributed by atoms with Crippen LogP contribution in [0.5, 0.6) is 11.5 Å². The second-order valence-electron chi connectivity index (χ2n) is 15.6. The lowest BCUT2D eigenvalue weighted by molar-refractivity contribution is -0.158. The first-order valence-electron chi connectivity index (χ1n) is 19.6. The zero-order chi connectivity index (χ0) is 40.6. The highest BCUT2D eigenvalue weighted by molar-refractivity contribution is 6.25. The third-order valence-corrected chi connectivity index (χ3v) is 11.8. The summed E-state index contributed by atoms with van der Waals surface area (Å²) in [7, 11) is 8.68. The fourth-order valence-corrected chi connectivity index (χ4v) is 8.72. The molecule has 4 aromatic rings. The van der Waals surface area contributed by atoms with E-state index in [1.54, 1.807) is 38.0 Å². The number of hydrogen-bond acceptors (Lipinski definition) is 9. The molecule has 2 saturated heterocycles. The van der Waals surface area contributed by atoms with Gasteiger partial charge in [0.05, 0.1) is 37.5 Å². The van der Waals surface area contributed by atoms with Crippen molar-refractivity contribution in [3.63, 3.8) is 0 Å². The van der Waals surface area contributed by atoms with Gasteiger partial charge in [0.2, 0.25) is 11.8 Å². The Morgan fingerprint density at radius 2 is 1.58 bits per heavy atom. The maximum Gasteiger partial charge on any atom is 0.274 e. The number of nitrogens with one attached hydrogen (secondary N) is 2. The average molecular weight is 779 g/mol. The molecule has 1 saturated carbocycles. The zero-order valence-electron chi connectivity index (χ0n) is 33.2. The summed E-state index contributed by atoms with van der Waals surface area (Å²) in [6.45, 7) is 1.20. The van der Waals surface area contributed by atoms with Crippen molar-refractivity contribution in [2.75, 3.05) is 34.4 Å². The van der Waals surface area contributed by atoms with Crippen molar-refractivity contribution in [2.24, 2.45) is 20.0 Å². The number of methoxy groups -OCH3 is 2. The van der Waals surface area contributed by atoms with Gasteiger partial charge in [-0.05, 0) is 74.5 Å². The number of carbonyl (C=O) groups is 5. The van der Waals surface area contributed by atoms with Gasteiger partial charge in [-0.2, -0.15) is 0 Å². The predicted molar refractivity (Wildman–Crippen MR) is 213 cm³/mol. The van der Waals surface area contributed by atoms with Crippen LogP contribution in [0.3, 0.4) is 0 Å². The van der Waals surface area contributed by atoms with Gasteiger partial charge in [-0.25, -0.2) is 0 Å². The van der Waals surface area contributed by atoms with E-state index in [0.29, 0.717) is 47.7 Å². The van der Waals surface area contributed by atoms with Gasteiger partial charge >= 0.3 is 0 Å². The molecule has 2 aromatic carbocycles. The van der Waals surface area contributed by atoms with Crippen LogP contribution in [0, 0.1) is 5.92 Å². The van der Waals surface area contributed by atoms with E-state index >= 15 is 0 Å². The number of ether oxygens (including phenoxy) is 2. The lowest BCUT2D eigenvalue weighted by Crippen LogP contribution is -2.74. The van der Waals surface area contributed by atoms with E-state index in [0.717, 1.165) is 71.1 Å². The Bertz CT molecular complexity index is 2310. The van der Waals surface area contributed by atoms with Crippen LogP contribution in [0.4, 0.5) is 0 Å². The SMILES string of the molecule is COc1cc(-c2cn(C)c(=O)c3c2ccn3C)cc(OC)c1CN(C)CC(=O)NCCCCCCCCc1cccc2c1C(=O)N(C13CC(C1)C(=O)NC3=O)C2=O. The first kappa shape index (κ1) is 39.5. The molecule has 0 atom stereocenters. The van der Waals surface area contributed by atoms with Crippen LogP contribution in [-0.4, -0.2) is 88.4 Å². The average Bonchev–Trinajstić information content (AvgIpc) is 3.68. The van der Waals surface area contributed by atoms with Gasteiger partial charge in [-0.1, -0.05) is 37.8 Å². The van der Waals surface area contributed by atoms with E-state index in [4.69, 9.17) is 9.47 Å². The van der Waals surface area contributed by atoms with Crippen molar-refractivity contribution in [2.45, 2.75) is 69.9 Å². The molecule has 3 aliphatic heterocycles. The van der Waals surface area contributed by atoms with Crippen LogP contribution >= 0.6 is 0 Å². The molecule has 3 fully saturated rings. The maximum absolute atomic E-state index is 13.6. The molecule has 1 aliphatic carbocycles. The van der Waals surface area contributed by atoms with Crippen molar-refractivity contribution >= 4 is 40.4 Å². The Labute approximate surface area is 331 Å². The number of imide groups is 2. The normalized spacial score (nSPS) is 18.6. The molecule has 2 N–H and O–H groups in total. The highest BCUT2D eigenvalue weighted by atomic mass is 16.5. The summed E-state index contributed by atoms with van der Waals surface area (Å²) in [6, 6.07) is 11.1. The first-order chi connectivity index (χ1) is 27.4. The molecule has 8 rings (SSSR count). The van der Waals surface area contributed by atoms with E-state index < -0.39 is 23.3 Å². The summed E-state index contributed by atoms with van der Waals surface area (Å²) in [5.41, 5.74) is 3.35. The molecule has 2 aromatic heterocycles. The topological polar surface area (TPSA) is 161 Å². The minimum absolute atomic E-state index is 0.0694. The predicted octanol–water partition coefficient (Wildman–Crippen LogP) is 4.09. The van der Waals surface area contributed by atoms with Gasteiger partial charge in [0.1, 0.15) is 22.6 Å². The highest BCUT2D eigenvalue weighted by Gasteiger charge is 2.65. The zero-order valence-corrected chi connectivity index (χ0v) is 33.2. The standard InChI is InChI=1S/C43H50N6O8/c1-46(23-32-33(56-4)19-27(20-34(32)57-5)31-24-48(3)41(54)37-29(31)16-18-47(37)2)25-35(50)44-17-11-9-7-6-8-10-13-26-14-12-15-30-36(26)40(53)49(39(30)52)43-21-28(22-43)38(51)45-42(43)55/h12,14-16,18-20,24,28H,6-11,13,17,21-23,25H2,1-5H3,(H,44,50)(H,45,51,55). The fraction of sp³-hybridized carbons (Fsp3) is 0.442. The number of rotatable bonds is 17. The third kappa shape index (κ3) is 7.22. The molecule has 14 nitrogen and oxygen atoms in total. The number of aromatic nitrogens is 2. The van der Waals surface area contributed by atoms with Crippen molar-refractivity contribution < 1.29 is 33.4 Å². The first-order valence-corrected chi connectivity index (χ1v) is 19.6. The van der Waals surface area contributed by atoms with Gasteiger partial charge in [0.25, 0.3) is 23.3 Å². The number of piperidine rings is 2. The minimum atomic E-state index is -1.27. The largest absolute Gasteiger partial charge is 0.496 e. The molecular formula is C43H50N6O8. The molecule has 4 aliphatic rings. The number of carbonyl (C=O) groups excluding carboxylic acids is 5. The molecule has 0 radical (unpaired) electrons. The molecule has 5 amide bonds. The van der Waals surface area contributed by atoms with Crippen LogP contribution in [0.2, 0.25) is 0 Å². The lowest BCUT2D eigenvalue weighted by atomic mass is 9.63. The molecule has 300 valence electrons. The van der Waals surface area contributed by atoms with Gasteiger partial charge < -0.3 is 23.9 Å². The second kappa shape index (κ2) is 16.0. The molecule has 2 bridgehead atoms. The summed E-state index contributed by atoms with van der Waals surface area (Å²) in [6.07, 6.45) is 10.4. The number of nitrogens with zero attached hydrogens (tertiary/aromatic N) is 4. The molecule has 0 unspecified atom stereocenters. The van der Waals surface area contributed by atoms with Crippen molar-refractivity contribution in [1.82, 2.24) is 29.6 Å². The Balaban J connectivity index is 0.837. The van der Waals surface area contributed by atoms with Gasteiger partial charge in [0.15, 0.2) is 0 Å².